The van der Waals surface area contributed by atoms with Crippen LogP contribution in [0, 0.1) is 10.1 Å². The lowest BCUT2D eigenvalue weighted by Gasteiger charge is -2.10. The summed E-state index contributed by atoms with van der Waals surface area (Å²) in [5.74, 6) is -0.311. The van der Waals surface area contributed by atoms with Gasteiger partial charge in [0.15, 0.2) is 11.5 Å². The molecule has 0 heterocycles. The second kappa shape index (κ2) is 12.4. The van der Waals surface area contributed by atoms with Crippen molar-refractivity contribution in [3.63, 3.8) is 0 Å². The molecule has 1 amide bonds. The van der Waals surface area contributed by atoms with Gasteiger partial charge in [-0.3, -0.25) is 14.9 Å². The number of esters is 1. The fraction of sp³-hybridized carbons (Fsp3) is 0.115. The molecule has 0 aliphatic carbocycles. The van der Waals surface area contributed by atoms with Gasteiger partial charge >= 0.3 is 5.97 Å². The smallest absolute Gasteiger partial charge is 0.336 e. The summed E-state index contributed by atoms with van der Waals surface area (Å²) in [4.78, 5) is 34.5. The Balaban J connectivity index is 1.58. The average Bonchev–Trinajstić information content (AvgIpc) is 2.85. The molecule has 0 fully saturated rings. The summed E-state index contributed by atoms with van der Waals surface area (Å²) in [6.07, 6.45) is 4.44. The van der Waals surface area contributed by atoms with Crippen LogP contribution in [0.25, 0.3) is 6.08 Å². The number of hydrogen-bond acceptors (Lipinski definition) is 7. The molecular formula is C26H23N3O6. The summed E-state index contributed by atoms with van der Waals surface area (Å²) in [7, 11) is 0. The predicted molar refractivity (Wildman–Crippen MR) is 131 cm³/mol. The van der Waals surface area contributed by atoms with Crippen molar-refractivity contribution in [3.8, 4) is 11.5 Å². The third-order valence-corrected chi connectivity index (χ3v) is 4.60. The molecule has 1 N–H and O–H groups in total. The molecule has 0 bridgehead atoms. The minimum absolute atomic E-state index is 0.0188. The van der Waals surface area contributed by atoms with E-state index in [9.17, 15) is 19.7 Å². The van der Waals surface area contributed by atoms with Crippen LogP contribution in [0.15, 0.2) is 84.0 Å². The largest absolute Gasteiger partial charge is 0.490 e. The quantitative estimate of drug-likeness (QED) is 0.117. The van der Waals surface area contributed by atoms with E-state index in [0.29, 0.717) is 23.5 Å². The number of ether oxygens (including phenoxy) is 2. The molecule has 0 aliphatic rings. The lowest BCUT2D eigenvalue weighted by molar-refractivity contribution is -0.384. The molecule has 0 unspecified atom stereocenters. The Morgan fingerprint density at radius 3 is 2.43 bits per heavy atom. The number of carbonyl (C=O) groups excluding carboxylic acids is 2. The van der Waals surface area contributed by atoms with Crippen molar-refractivity contribution >= 4 is 29.9 Å². The van der Waals surface area contributed by atoms with Crippen LogP contribution in [0.4, 0.5) is 5.69 Å². The molecule has 35 heavy (non-hydrogen) atoms. The third kappa shape index (κ3) is 7.93. The number of nitro benzene ring substituents is 1. The molecule has 0 aromatic heterocycles. The number of nitrogens with one attached hydrogen (secondary N) is 1. The molecule has 178 valence electrons. The molecule has 0 aliphatic heterocycles. The number of carbonyl (C=O) groups is 2. The monoisotopic (exact) mass is 473 g/mol. The van der Waals surface area contributed by atoms with Gasteiger partial charge in [0.2, 0.25) is 5.91 Å². The van der Waals surface area contributed by atoms with Crippen molar-refractivity contribution in [2.75, 3.05) is 6.61 Å². The third-order valence-electron chi connectivity index (χ3n) is 4.60. The van der Waals surface area contributed by atoms with Gasteiger partial charge in [0.25, 0.3) is 5.69 Å². The minimum atomic E-state index is -0.547. The highest BCUT2D eigenvalue weighted by Gasteiger charge is 2.10. The molecule has 0 saturated heterocycles. The first-order valence-electron chi connectivity index (χ1n) is 10.7. The van der Waals surface area contributed by atoms with E-state index in [1.807, 2.05) is 30.3 Å². The Kier molecular flexibility index (Phi) is 8.84. The molecule has 0 radical (unpaired) electrons. The first-order chi connectivity index (χ1) is 16.9. The van der Waals surface area contributed by atoms with Crippen molar-refractivity contribution in [1.82, 2.24) is 5.43 Å². The summed E-state index contributed by atoms with van der Waals surface area (Å²) < 4.78 is 11.0. The van der Waals surface area contributed by atoms with Gasteiger partial charge in [-0.25, -0.2) is 10.2 Å². The zero-order chi connectivity index (χ0) is 25.0. The molecule has 3 aromatic rings. The van der Waals surface area contributed by atoms with Gasteiger partial charge in [-0.05, 0) is 47.9 Å². The van der Waals surface area contributed by atoms with Crippen molar-refractivity contribution in [2.45, 2.75) is 13.3 Å². The van der Waals surface area contributed by atoms with Crippen LogP contribution in [-0.4, -0.2) is 29.6 Å². The fourth-order valence-corrected chi connectivity index (χ4v) is 2.97. The van der Waals surface area contributed by atoms with Crippen LogP contribution < -0.4 is 14.9 Å². The molecule has 3 aromatic carbocycles. The lowest BCUT2D eigenvalue weighted by atomic mass is 10.1. The minimum Gasteiger partial charge on any atom is -0.490 e. The van der Waals surface area contributed by atoms with Crippen LogP contribution in [-0.2, 0) is 16.0 Å². The SMILES string of the molecule is CCOc1cc(/C=N/NC(=O)Cc2ccc([N+](=O)[O-])cc2)ccc1OC(=O)/C=C/c1ccccc1. The van der Waals surface area contributed by atoms with Gasteiger partial charge < -0.3 is 9.47 Å². The summed E-state index contributed by atoms with van der Waals surface area (Å²) in [5, 5.41) is 14.6. The average molecular weight is 473 g/mol. The number of nitro groups is 1. The number of hydrazone groups is 1. The van der Waals surface area contributed by atoms with E-state index >= 15 is 0 Å². The Morgan fingerprint density at radius 1 is 1.00 bits per heavy atom. The maximum absolute atomic E-state index is 12.2. The van der Waals surface area contributed by atoms with Crippen molar-refractivity contribution < 1.29 is 24.0 Å². The molecule has 9 nitrogen and oxygen atoms in total. The maximum atomic E-state index is 12.2. The van der Waals surface area contributed by atoms with Gasteiger partial charge in [0, 0.05) is 18.2 Å². The zero-order valence-electron chi connectivity index (χ0n) is 18.9. The molecule has 0 spiro atoms. The van der Waals surface area contributed by atoms with E-state index in [-0.39, 0.29) is 23.8 Å². The van der Waals surface area contributed by atoms with Gasteiger partial charge in [-0.1, -0.05) is 42.5 Å². The molecule has 0 saturated carbocycles. The lowest BCUT2D eigenvalue weighted by Crippen LogP contribution is -2.19. The Labute approximate surface area is 201 Å². The molecule has 9 heteroatoms. The summed E-state index contributed by atoms with van der Waals surface area (Å²) in [6.45, 7) is 2.16. The van der Waals surface area contributed by atoms with E-state index in [4.69, 9.17) is 9.47 Å². The molecule has 3 rings (SSSR count). The predicted octanol–water partition coefficient (Wildman–Crippen LogP) is 4.31. The van der Waals surface area contributed by atoms with Gasteiger partial charge in [-0.15, -0.1) is 0 Å². The first-order valence-corrected chi connectivity index (χ1v) is 10.7. The number of nitrogens with zero attached hydrogens (tertiary/aromatic N) is 2. The van der Waals surface area contributed by atoms with Crippen LogP contribution >= 0.6 is 0 Å². The van der Waals surface area contributed by atoms with E-state index < -0.39 is 10.9 Å². The normalized spacial score (nSPS) is 10.9. The van der Waals surface area contributed by atoms with Crippen LogP contribution in [0.2, 0.25) is 0 Å². The van der Waals surface area contributed by atoms with Crippen molar-refractivity contribution in [1.29, 1.82) is 0 Å². The van der Waals surface area contributed by atoms with E-state index in [2.05, 4.69) is 10.5 Å². The number of hydrogen-bond donors (Lipinski definition) is 1. The van der Waals surface area contributed by atoms with E-state index in [1.165, 1.54) is 36.6 Å². The van der Waals surface area contributed by atoms with Crippen LogP contribution in [0.1, 0.15) is 23.6 Å². The zero-order valence-corrected chi connectivity index (χ0v) is 18.9. The summed E-state index contributed by atoms with van der Waals surface area (Å²) in [5.41, 5.74) is 4.47. The topological polar surface area (TPSA) is 120 Å². The van der Waals surface area contributed by atoms with Crippen molar-refractivity contribution in [2.24, 2.45) is 5.10 Å². The second-order valence-electron chi connectivity index (χ2n) is 7.20. The van der Waals surface area contributed by atoms with Crippen LogP contribution in [0.5, 0.6) is 11.5 Å². The highest BCUT2D eigenvalue weighted by Crippen LogP contribution is 2.28. The van der Waals surface area contributed by atoms with E-state index in [0.717, 1.165) is 5.56 Å². The summed E-state index contributed by atoms with van der Waals surface area (Å²) in [6, 6.07) is 20.0. The maximum Gasteiger partial charge on any atom is 0.336 e. The number of rotatable bonds is 10. The molecular weight excluding hydrogens is 450 g/mol. The highest BCUT2D eigenvalue weighted by molar-refractivity contribution is 5.89. The standard InChI is InChI=1S/C26H23N3O6/c1-2-34-24-16-21(10-14-23(24)35-26(31)15-11-19-6-4-3-5-7-19)18-27-28-25(30)17-20-8-12-22(13-9-20)29(32)33/h3-16,18H,2,17H2,1H3,(H,28,30)/b15-11+,27-18+. The van der Waals surface area contributed by atoms with Gasteiger partial charge in [0.05, 0.1) is 24.2 Å². The Hall–Kier alpha value is -4.79. The van der Waals surface area contributed by atoms with Crippen LogP contribution in [0.3, 0.4) is 0 Å². The van der Waals surface area contributed by atoms with Gasteiger partial charge in [0.1, 0.15) is 0 Å². The summed E-state index contributed by atoms with van der Waals surface area (Å²) >= 11 is 0. The molecule has 0 atom stereocenters. The van der Waals surface area contributed by atoms with E-state index in [1.54, 1.807) is 31.2 Å². The Bertz CT molecular complexity index is 1240. The number of benzene rings is 3. The van der Waals surface area contributed by atoms with Gasteiger partial charge in [-0.2, -0.15) is 5.10 Å². The number of non-ortho nitro benzene ring substituents is 1. The van der Waals surface area contributed by atoms with Crippen molar-refractivity contribution in [3.05, 3.63) is 106 Å². The Morgan fingerprint density at radius 2 is 1.74 bits per heavy atom. The highest BCUT2D eigenvalue weighted by atomic mass is 16.6. The number of amides is 1. The fourth-order valence-electron chi connectivity index (χ4n) is 2.97. The first kappa shape index (κ1) is 24.8. The second-order valence-corrected chi connectivity index (χ2v) is 7.20.